The smallest absolute Gasteiger partial charge is 0.126 e. The van der Waals surface area contributed by atoms with Gasteiger partial charge in [0.05, 0.1) is 5.60 Å². The van der Waals surface area contributed by atoms with E-state index >= 15 is 0 Å². The first-order valence-corrected chi connectivity index (χ1v) is 7.45. The van der Waals surface area contributed by atoms with Crippen LogP contribution in [0.15, 0.2) is 18.2 Å². The van der Waals surface area contributed by atoms with E-state index in [1.54, 1.807) is 13.0 Å². The average Bonchev–Trinajstić information content (AvgIpc) is 2.94. The van der Waals surface area contributed by atoms with Crippen LogP contribution in [0.1, 0.15) is 50.2 Å². The second-order valence-corrected chi connectivity index (χ2v) is 6.88. The Balaban J connectivity index is 1.76. The number of fused-ring (bicyclic) bond motifs is 2. The van der Waals surface area contributed by atoms with Gasteiger partial charge in [-0.15, -0.1) is 0 Å². The fourth-order valence-corrected chi connectivity index (χ4v) is 4.18. The van der Waals surface area contributed by atoms with Gasteiger partial charge >= 0.3 is 0 Å². The molecular weight excluding hydrogens is 239 g/mol. The lowest BCUT2D eigenvalue weighted by molar-refractivity contribution is 0.0202. The third-order valence-corrected chi connectivity index (χ3v) is 5.34. The first-order valence-electron chi connectivity index (χ1n) is 7.45. The summed E-state index contributed by atoms with van der Waals surface area (Å²) < 4.78 is 13.7. The van der Waals surface area contributed by atoms with Gasteiger partial charge in [-0.3, -0.25) is 0 Å². The maximum atomic E-state index is 13.7. The molecule has 0 aliphatic heterocycles. The molecule has 104 valence electrons. The van der Waals surface area contributed by atoms with Crippen molar-refractivity contribution in [2.24, 2.45) is 17.8 Å². The van der Waals surface area contributed by atoms with E-state index in [-0.39, 0.29) is 5.82 Å². The van der Waals surface area contributed by atoms with Gasteiger partial charge in [0.15, 0.2) is 0 Å². The van der Waals surface area contributed by atoms with E-state index in [9.17, 15) is 9.50 Å². The predicted octanol–water partition coefficient (Wildman–Crippen LogP) is 4.17. The van der Waals surface area contributed by atoms with Crippen LogP contribution in [0.3, 0.4) is 0 Å². The summed E-state index contributed by atoms with van der Waals surface area (Å²) in [6.07, 6.45) is 6.09. The van der Waals surface area contributed by atoms with Crippen LogP contribution >= 0.6 is 0 Å². The minimum Gasteiger partial charge on any atom is -0.385 e. The molecule has 0 radical (unpaired) electrons. The Kier molecular flexibility index (Phi) is 3.17. The Morgan fingerprint density at radius 1 is 1.32 bits per heavy atom. The third kappa shape index (κ3) is 2.43. The van der Waals surface area contributed by atoms with Crippen molar-refractivity contribution >= 4 is 0 Å². The lowest BCUT2D eigenvalue weighted by Crippen LogP contribution is -2.27. The second kappa shape index (κ2) is 4.59. The Morgan fingerprint density at radius 2 is 2.11 bits per heavy atom. The summed E-state index contributed by atoms with van der Waals surface area (Å²) in [5, 5.41) is 10.7. The van der Waals surface area contributed by atoms with Crippen LogP contribution < -0.4 is 0 Å². The quantitative estimate of drug-likeness (QED) is 0.867. The summed E-state index contributed by atoms with van der Waals surface area (Å²) in [5.41, 5.74) is 0.460. The molecule has 2 heteroatoms. The Labute approximate surface area is 114 Å². The summed E-state index contributed by atoms with van der Waals surface area (Å²) in [5.74, 6) is 2.09. The van der Waals surface area contributed by atoms with Gasteiger partial charge in [-0.05, 0) is 74.5 Å². The summed E-state index contributed by atoms with van der Waals surface area (Å²) in [4.78, 5) is 0. The van der Waals surface area contributed by atoms with Gasteiger partial charge in [-0.1, -0.05) is 18.6 Å². The zero-order valence-electron chi connectivity index (χ0n) is 11.8. The van der Waals surface area contributed by atoms with Crippen LogP contribution in [0.25, 0.3) is 0 Å². The molecule has 0 heterocycles. The molecule has 0 aromatic heterocycles. The number of halogens is 1. The molecule has 0 saturated heterocycles. The minimum absolute atomic E-state index is 0.217. The highest BCUT2D eigenvalue weighted by Crippen LogP contribution is 2.51. The number of aliphatic hydroxyl groups is 1. The second-order valence-electron chi connectivity index (χ2n) is 6.88. The van der Waals surface area contributed by atoms with Gasteiger partial charge in [0.25, 0.3) is 0 Å². The molecule has 1 N–H and O–H groups in total. The van der Waals surface area contributed by atoms with Crippen molar-refractivity contribution in [3.05, 3.63) is 35.1 Å². The number of hydrogen-bond donors (Lipinski definition) is 1. The number of aryl methyl sites for hydroxylation is 1. The summed E-state index contributed by atoms with van der Waals surface area (Å²) in [7, 11) is 0. The highest BCUT2D eigenvalue weighted by Gasteiger charge is 2.42. The lowest BCUT2D eigenvalue weighted by atomic mass is 9.78. The zero-order valence-corrected chi connectivity index (χ0v) is 11.8. The van der Waals surface area contributed by atoms with E-state index in [0.29, 0.717) is 11.5 Å². The van der Waals surface area contributed by atoms with Crippen molar-refractivity contribution in [1.29, 1.82) is 0 Å². The summed E-state index contributed by atoms with van der Waals surface area (Å²) in [6, 6.07) is 5.13. The van der Waals surface area contributed by atoms with E-state index < -0.39 is 5.60 Å². The van der Waals surface area contributed by atoms with Crippen molar-refractivity contribution < 1.29 is 9.50 Å². The lowest BCUT2D eigenvalue weighted by Gasteiger charge is -2.31. The molecule has 2 fully saturated rings. The van der Waals surface area contributed by atoms with Gasteiger partial charge in [0.2, 0.25) is 0 Å². The molecule has 4 atom stereocenters. The maximum Gasteiger partial charge on any atom is 0.126 e. The molecule has 0 spiro atoms. The number of benzene rings is 1. The van der Waals surface area contributed by atoms with Gasteiger partial charge in [0.1, 0.15) is 5.82 Å². The molecule has 1 nitrogen and oxygen atoms in total. The predicted molar refractivity (Wildman–Crippen MR) is 74.3 cm³/mol. The summed E-state index contributed by atoms with van der Waals surface area (Å²) >= 11 is 0. The van der Waals surface area contributed by atoms with Crippen LogP contribution in [0.2, 0.25) is 0 Å². The van der Waals surface area contributed by atoms with Gasteiger partial charge in [0, 0.05) is 0 Å². The molecule has 2 aliphatic rings. The highest BCUT2D eigenvalue weighted by atomic mass is 19.1. The van der Waals surface area contributed by atoms with Gasteiger partial charge < -0.3 is 5.11 Å². The van der Waals surface area contributed by atoms with Crippen molar-refractivity contribution in [3.8, 4) is 0 Å². The molecule has 2 aliphatic carbocycles. The molecule has 2 saturated carbocycles. The molecule has 4 unspecified atom stereocenters. The normalized spacial score (nSPS) is 32.5. The van der Waals surface area contributed by atoms with Crippen LogP contribution in [0.5, 0.6) is 0 Å². The van der Waals surface area contributed by atoms with Crippen molar-refractivity contribution in [3.63, 3.8) is 0 Å². The van der Waals surface area contributed by atoms with Gasteiger partial charge in [-0.2, -0.15) is 0 Å². The fourth-order valence-electron chi connectivity index (χ4n) is 4.18. The molecule has 2 bridgehead atoms. The van der Waals surface area contributed by atoms with Crippen LogP contribution in [0.4, 0.5) is 4.39 Å². The topological polar surface area (TPSA) is 20.2 Å². The standard InChI is InChI=1S/C17H23FO/c1-11-3-6-15(9-16(11)18)17(2,19)10-14-8-12-4-5-13(14)7-12/h3,6,9,12-14,19H,4-5,7-8,10H2,1-2H3. The minimum atomic E-state index is -0.899. The van der Waals surface area contributed by atoms with Gasteiger partial charge in [-0.25, -0.2) is 4.39 Å². The highest BCUT2D eigenvalue weighted by molar-refractivity contribution is 5.27. The molecular formula is C17H23FO. The molecule has 1 aromatic carbocycles. The molecule has 0 amide bonds. The first-order chi connectivity index (χ1) is 8.95. The van der Waals surface area contributed by atoms with Crippen molar-refractivity contribution in [2.45, 2.75) is 51.6 Å². The summed E-state index contributed by atoms with van der Waals surface area (Å²) in [6.45, 7) is 3.59. The molecule has 19 heavy (non-hydrogen) atoms. The Morgan fingerprint density at radius 3 is 2.68 bits per heavy atom. The number of rotatable bonds is 3. The van der Waals surface area contributed by atoms with E-state index in [4.69, 9.17) is 0 Å². The molecule has 3 rings (SSSR count). The van der Waals surface area contributed by atoms with E-state index in [1.807, 2.05) is 13.0 Å². The third-order valence-electron chi connectivity index (χ3n) is 5.34. The van der Waals surface area contributed by atoms with Crippen molar-refractivity contribution in [2.75, 3.05) is 0 Å². The van der Waals surface area contributed by atoms with E-state index in [1.165, 1.54) is 31.7 Å². The van der Waals surface area contributed by atoms with E-state index in [2.05, 4.69) is 0 Å². The number of hydrogen-bond acceptors (Lipinski definition) is 1. The van der Waals surface area contributed by atoms with E-state index in [0.717, 1.165) is 23.8 Å². The fraction of sp³-hybridized carbons (Fsp3) is 0.647. The van der Waals surface area contributed by atoms with Crippen LogP contribution in [-0.2, 0) is 5.60 Å². The maximum absolute atomic E-state index is 13.7. The van der Waals surface area contributed by atoms with Crippen LogP contribution in [-0.4, -0.2) is 5.11 Å². The molecule has 1 aromatic rings. The Bertz CT molecular complexity index is 480. The monoisotopic (exact) mass is 262 g/mol. The average molecular weight is 262 g/mol. The SMILES string of the molecule is Cc1ccc(C(C)(O)CC2CC3CCC2C3)cc1F. The van der Waals surface area contributed by atoms with Crippen LogP contribution in [0, 0.1) is 30.5 Å². The zero-order chi connectivity index (χ0) is 13.6. The Hall–Kier alpha value is -0.890. The first kappa shape index (κ1) is 13.1. The largest absolute Gasteiger partial charge is 0.385 e. The van der Waals surface area contributed by atoms with Crippen molar-refractivity contribution in [1.82, 2.24) is 0 Å².